The number of anilines is 1. The van der Waals surface area contributed by atoms with Gasteiger partial charge in [0.2, 0.25) is 0 Å². The molecule has 1 amide bonds. The molecule has 1 heterocycles. The SMILES string of the molecule is CC(C(=O)O)c1cccc(N2OCCC2=O)c1. The van der Waals surface area contributed by atoms with Gasteiger partial charge in [-0.1, -0.05) is 12.1 Å². The average molecular weight is 235 g/mol. The van der Waals surface area contributed by atoms with Gasteiger partial charge < -0.3 is 5.11 Å². The maximum Gasteiger partial charge on any atom is 0.310 e. The van der Waals surface area contributed by atoms with Crippen molar-refractivity contribution in [2.45, 2.75) is 19.3 Å². The minimum absolute atomic E-state index is 0.106. The number of carboxylic acid groups (broad SMARTS) is 1. The van der Waals surface area contributed by atoms with E-state index in [4.69, 9.17) is 9.94 Å². The van der Waals surface area contributed by atoms with Gasteiger partial charge in [0, 0.05) is 0 Å². The molecule has 0 radical (unpaired) electrons. The lowest BCUT2D eigenvalue weighted by molar-refractivity contribution is -0.138. The summed E-state index contributed by atoms with van der Waals surface area (Å²) >= 11 is 0. The fourth-order valence-electron chi connectivity index (χ4n) is 1.68. The third kappa shape index (κ3) is 2.29. The van der Waals surface area contributed by atoms with Gasteiger partial charge in [-0.25, -0.2) is 0 Å². The van der Waals surface area contributed by atoms with Gasteiger partial charge in [-0.05, 0) is 24.6 Å². The number of aliphatic carboxylic acids is 1. The van der Waals surface area contributed by atoms with E-state index in [1.54, 1.807) is 31.2 Å². The molecule has 1 fully saturated rings. The first-order chi connectivity index (χ1) is 8.09. The molecule has 0 saturated carbocycles. The van der Waals surface area contributed by atoms with Gasteiger partial charge in [0.1, 0.15) is 0 Å². The number of benzene rings is 1. The number of carbonyl (C=O) groups excluding carboxylic acids is 1. The Morgan fingerprint density at radius 2 is 2.29 bits per heavy atom. The molecule has 5 heteroatoms. The number of hydroxylamine groups is 1. The van der Waals surface area contributed by atoms with Crippen molar-refractivity contribution >= 4 is 17.6 Å². The summed E-state index contributed by atoms with van der Waals surface area (Å²) in [4.78, 5) is 27.5. The predicted octanol–water partition coefficient (Wildman–Crippen LogP) is 1.54. The molecule has 1 aliphatic rings. The quantitative estimate of drug-likeness (QED) is 0.863. The molecular formula is C12H13NO4. The van der Waals surface area contributed by atoms with Crippen molar-refractivity contribution in [2.75, 3.05) is 11.7 Å². The van der Waals surface area contributed by atoms with E-state index >= 15 is 0 Å². The number of nitrogens with zero attached hydrogens (tertiary/aromatic N) is 1. The molecular weight excluding hydrogens is 222 g/mol. The van der Waals surface area contributed by atoms with Crippen molar-refractivity contribution in [3.63, 3.8) is 0 Å². The lowest BCUT2D eigenvalue weighted by Gasteiger charge is -2.16. The monoisotopic (exact) mass is 235 g/mol. The Morgan fingerprint density at radius 3 is 2.88 bits per heavy atom. The van der Waals surface area contributed by atoms with Crippen molar-refractivity contribution in [3.05, 3.63) is 29.8 Å². The van der Waals surface area contributed by atoms with Crippen molar-refractivity contribution in [3.8, 4) is 0 Å². The molecule has 2 rings (SSSR count). The van der Waals surface area contributed by atoms with E-state index in [-0.39, 0.29) is 5.91 Å². The zero-order valence-electron chi connectivity index (χ0n) is 9.42. The Kier molecular flexibility index (Phi) is 3.10. The van der Waals surface area contributed by atoms with Gasteiger partial charge in [-0.3, -0.25) is 14.4 Å². The standard InChI is InChI=1S/C12H13NO4/c1-8(12(15)16)9-3-2-4-10(7-9)13-11(14)5-6-17-13/h2-4,7-8H,5-6H2,1H3,(H,15,16). The van der Waals surface area contributed by atoms with Crippen LogP contribution in [0, 0.1) is 0 Å². The van der Waals surface area contributed by atoms with E-state index in [2.05, 4.69) is 0 Å². The van der Waals surface area contributed by atoms with E-state index in [1.807, 2.05) is 0 Å². The van der Waals surface area contributed by atoms with E-state index in [1.165, 1.54) is 5.06 Å². The van der Waals surface area contributed by atoms with E-state index < -0.39 is 11.9 Å². The molecule has 0 spiro atoms. The molecule has 1 unspecified atom stereocenters. The third-order valence-electron chi connectivity index (χ3n) is 2.74. The maximum atomic E-state index is 11.5. The molecule has 1 aliphatic heterocycles. The van der Waals surface area contributed by atoms with Crippen LogP contribution in [0.25, 0.3) is 0 Å². The Balaban J connectivity index is 2.28. The van der Waals surface area contributed by atoms with Crippen LogP contribution in [0.4, 0.5) is 5.69 Å². The minimum atomic E-state index is -0.893. The summed E-state index contributed by atoms with van der Waals surface area (Å²) in [6.07, 6.45) is 0.360. The maximum absolute atomic E-state index is 11.5. The van der Waals surface area contributed by atoms with E-state index in [9.17, 15) is 9.59 Å². The van der Waals surface area contributed by atoms with Crippen LogP contribution in [0.2, 0.25) is 0 Å². The first-order valence-electron chi connectivity index (χ1n) is 5.38. The first kappa shape index (κ1) is 11.6. The number of carboxylic acids is 1. The summed E-state index contributed by atoms with van der Waals surface area (Å²) < 4.78 is 0. The summed E-state index contributed by atoms with van der Waals surface area (Å²) in [5.41, 5.74) is 1.23. The highest BCUT2D eigenvalue weighted by atomic mass is 16.7. The number of amides is 1. The van der Waals surface area contributed by atoms with Gasteiger partial charge in [-0.15, -0.1) is 0 Å². The smallest absolute Gasteiger partial charge is 0.310 e. The Hall–Kier alpha value is -1.88. The van der Waals surface area contributed by atoms with Gasteiger partial charge in [-0.2, -0.15) is 5.06 Å². The normalized spacial score (nSPS) is 17.2. The molecule has 1 aromatic rings. The number of carbonyl (C=O) groups is 2. The topological polar surface area (TPSA) is 66.8 Å². The molecule has 90 valence electrons. The fourth-order valence-corrected chi connectivity index (χ4v) is 1.68. The van der Waals surface area contributed by atoms with Gasteiger partial charge >= 0.3 is 5.97 Å². The highest BCUT2D eigenvalue weighted by Crippen LogP contribution is 2.24. The molecule has 1 atom stereocenters. The molecule has 0 aromatic heterocycles. The highest BCUT2D eigenvalue weighted by Gasteiger charge is 2.24. The zero-order valence-corrected chi connectivity index (χ0v) is 9.42. The molecule has 0 bridgehead atoms. The van der Waals surface area contributed by atoms with Crippen LogP contribution >= 0.6 is 0 Å². The highest BCUT2D eigenvalue weighted by molar-refractivity contribution is 5.93. The van der Waals surface area contributed by atoms with E-state index in [0.717, 1.165) is 0 Å². The second kappa shape index (κ2) is 4.55. The van der Waals surface area contributed by atoms with Crippen LogP contribution in [-0.2, 0) is 14.4 Å². The average Bonchev–Trinajstić information content (AvgIpc) is 2.74. The fraction of sp³-hybridized carbons (Fsp3) is 0.333. The third-order valence-corrected chi connectivity index (χ3v) is 2.74. The lowest BCUT2D eigenvalue weighted by Crippen LogP contribution is -2.22. The minimum Gasteiger partial charge on any atom is -0.481 e. The number of rotatable bonds is 3. The summed E-state index contributed by atoms with van der Waals surface area (Å²) in [5.74, 6) is -1.60. The van der Waals surface area contributed by atoms with Crippen LogP contribution in [0.1, 0.15) is 24.8 Å². The Morgan fingerprint density at radius 1 is 1.53 bits per heavy atom. The van der Waals surface area contributed by atoms with Gasteiger partial charge in [0.25, 0.3) is 5.91 Å². The lowest BCUT2D eigenvalue weighted by atomic mass is 10.0. The Labute approximate surface area is 98.6 Å². The largest absolute Gasteiger partial charge is 0.481 e. The van der Waals surface area contributed by atoms with Crippen molar-refractivity contribution < 1.29 is 19.5 Å². The van der Waals surface area contributed by atoms with Crippen LogP contribution < -0.4 is 5.06 Å². The van der Waals surface area contributed by atoms with Gasteiger partial charge in [0.15, 0.2) is 0 Å². The molecule has 5 nitrogen and oxygen atoms in total. The van der Waals surface area contributed by atoms with Crippen molar-refractivity contribution in [1.82, 2.24) is 0 Å². The van der Waals surface area contributed by atoms with Crippen LogP contribution in [0.3, 0.4) is 0 Å². The zero-order chi connectivity index (χ0) is 12.4. The van der Waals surface area contributed by atoms with Gasteiger partial charge in [0.05, 0.1) is 24.6 Å². The molecule has 0 aliphatic carbocycles. The molecule has 1 N–H and O–H groups in total. The molecule has 1 aromatic carbocycles. The number of hydrogen-bond donors (Lipinski definition) is 1. The summed E-state index contributed by atoms with van der Waals surface area (Å²) in [6, 6.07) is 6.84. The summed E-state index contributed by atoms with van der Waals surface area (Å²) in [6.45, 7) is 1.98. The molecule has 17 heavy (non-hydrogen) atoms. The predicted molar refractivity (Wildman–Crippen MR) is 60.5 cm³/mol. The number of hydrogen-bond acceptors (Lipinski definition) is 3. The second-order valence-electron chi connectivity index (χ2n) is 3.93. The summed E-state index contributed by atoms with van der Waals surface area (Å²) in [7, 11) is 0. The molecule has 1 saturated heterocycles. The van der Waals surface area contributed by atoms with Crippen LogP contribution in [0.15, 0.2) is 24.3 Å². The van der Waals surface area contributed by atoms with Crippen LogP contribution in [-0.4, -0.2) is 23.6 Å². The van der Waals surface area contributed by atoms with Crippen molar-refractivity contribution in [2.24, 2.45) is 0 Å². The van der Waals surface area contributed by atoms with E-state index in [0.29, 0.717) is 24.3 Å². The van der Waals surface area contributed by atoms with Crippen molar-refractivity contribution in [1.29, 1.82) is 0 Å². The van der Waals surface area contributed by atoms with Crippen LogP contribution in [0.5, 0.6) is 0 Å². The second-order valence-corrected chi connectivity index (χ2v) is 3.93. The Bertz CT molecular complexity index is 458. The first-order valence-corrected chi connectivity index (χ1v) is 5.38. The summed E-state index contributed by atoms with van der Waals surface area (Å²) in [5, 5.41) is 10.2.